The maximum absolute atomic E-state index is 9.92. The van der Waals surface area contributed by atoms with Crippen LogP contribution in [0.2, 0.25) is 0 Å². The Morgan fingerprint density at radius 1 is 1.35 bits per heavy atom. The number of fused-ring (bicyclic) bond motifs is 1. The molecule has 0 saturated heterocycles. The van der Waals surface area contributed by atoms with Gasteiger partial charge in [0.1, 0.15) is 5.52 Å². The van der Waals surface area contributed by atoms with Gasteiger partial charge in [0.25, 0.3) is 6.01 Å². The molecule has 2 heterocycles. The maximum Gasteiger partial charge on any atom is 0.296 e. The lowest BCUT2D eigenvalue weighted by Gasteiger charge is -2.15. The lowest BCUT2D eigenvalue weighted by Crippen LogP contribution is -2.07. The highest BCUT2D eigenvalue weighted by Gasteiger charge is 2.17. The number of imidazole rings is 1. The summed E-state index contributed by atoms with van der Waals surface area (Å²) in [5, 5.41) is 9.92. The molecule has 17 heavy (non-hydrogen) atoms. The molecule has 0 fully saturated rings. The number of hydrogen-bond donors (Lipinski definition) is 1. The van der Waals surface area contributed by atoms with E-state index in [1.54, 1.807) is 6.08 Å². The largest absolute Gasteiger partial charge is 0.480 e. The summed E-state index contributed by atoms with van der Waals surface area (Å²) in [6.45, 7) is 7.89. The van der Waals surface area contributed by atoms with Crippen LogP contribution in [0.25, 0.3) is 17.2 Å². The van der Waals surface area contributed by atoms with Gasteiger partial charge in [-0.15, -0.1) is 0 Å². The number of aromatic nitrogens is 3. The van der Waals surface area contributed by atoms with Crippen molar-refractivity contribution < 1.29 is 5.11 Å². The fourth-order valence-electron chi connectivity index (χ4n) is 2.08. The van der Waals surface area contributed by atoms with Gasteiger partial charge in [0, 0.05) is 6.04 Å². The van der Waals surface area contributed by atoms with Crippen LogP contribution in [0.1, 0.15) is 38.4 Å². The van der Waals surface area contributed by atoms with Crippen molar-refractivity contribution >= 4 is 17.2 Å². The monoisotopic (exact) mass is 231 g/mol. The molecule has 0 aliphatic rings. The van der Waals surface area contributed by atoms with Crippen molar-refractivity contribution in [1.82, 2.24) is 14.5 Å². The molecule has 0 atom stereocenters. The summed E-state index contributed by atoms with van der Waals surface area (Å²) in [6.07, 6.45) is 3.58. The highest BCUT2D eigenvalue weighted by Crippen LogP contribution is 2.27. The molecule has 4 nitrogen and oxygen atoms in total. The summed E-state index contributed by atoms with van der Waals surface area (Å²) in [5.41, 5.74) is 2.25. The number of pyridine rings is 1. The van der Waals surface area contributed by atoms with Crippen LogP contribution in [0.3, 0.4) is 0 Å². The molecule has 0 aliphatic heterocycles. The van der Waals surface area contributed by atoms with E-state index < -0.39 is 0 Å². The summed E-state index contributed by atoms with van der Waals surface area (Å²) >= 11 is 0. The Hall–Kier alpha value is -1.84. The summed E-state index contributed by atoms with van der Waals surface area (Å²) in [4.78, 5) is 8.58. The summed E-state index contributed by atoms with van der Waals surface area (Å²) < 4.78 is 1.81. The Bertz CT molecular complexity index is 541. The second kappa shape index (κ2) is 4.57. The van der Waals surface area contributed by atoms with Gasteiger partial charge in [0.2, 0.25) is 0 Å². The molecule has 90 valence electrons. The van der Waals surface area contributed by atoms with Crippen molar-refractivity contribution in [2.24, 2.45) is 0 Å². The second-order valence-corrected chi connectivity index (χ2v) is 4.04. The Kier molecular flexibility index (Phi) is 3.13. The van der Waals surface area contributed by atoms with Crippen LogP contribution in [0.15, 0.2) is 18.7 Å². The molecule has 0 aliphatic carbocycles. The van der Waals surface area contributed by atoms with Crippen LogP contribution in [0, 0.1) is 0 Å². The summed E-state index contributed by atoms with van der Waals surface area (Å²) in [7, 11) is 0. The molecule has 0 amide bonds. The van der Waals surface area contributed by atoms with E-state index in [9.17, 15) is 5.11 Å². The predicted octanol–water partition coefficient (Wildman–Crippen LogP) is 3.14. The predicted molar refractivity (Wildman–Crippen MR) is 68.9 cm³/mol. The Balaban J connectivity index is 2.67. The van der Waals surface area contributed by atoms with Gasteiger partial charge in [-0.25, -0.2) is 4.98 Å². The molecule has 2 rings (SSSR count). The number of aromatic hydroxyl groups is 1. The first kappa shape index (κ1) is 11.6. The smallest absolute Gasteiger partial charge is 0.296 e. The standard InChI is InChI=1S/C13H17N3O/c1-4-9-7-8-11-12(14-9)16(13(17)15-11)10(5-2)6-3/h4,7-8,10H,1,5-6H2,2-3H3,(H,15,17). The molecule has 0 radical (unpaired) electrons. The second-order valence-electron chi connectivity index (χ2n) is 4.04. The van der Waals surface area contributed by atoms with E-state index >= 15 is 0 Å². The van der Waals surface area contributed by atoms with Gasteiger partial charge in [0.15, 0.2) is 5.65 Å². The highest BCUT2D eigenvalue weighted by molar-refractivity contribution is 5.74. The Labute approximate surface area is 101 Å². The fraction of sp³-hybridized carbons (Fsp3) is 0.385. The number of hydrogen-bond acceptors (Lipinski definition) is 3. The zero-order chi connectivity index (χ0) is 12.4. The lowest BCUT2D eigenvalue weighted by molar-refractivity contribution is 0.360. The van der Waals surface area contributed by atoms with Gasteiger partial charge in [-0.3, -0.25) is 4.57 Å². The van der Waals surface area contributed by atoms with E-state index in [1.165, 1.54) is 0 Å². The minimum absolute atomic E-state index is 0.0439. The average molecular weight is 231 g/mol. The van der Waals surface area contributed by atoms with Crippen LogP contribution in [-0.2, 0) is 0 Å². The zero-order valence-corrected chi connectivity index (χ0v) is 10.2. The van der Waals surface area contributed by atoms with Crippen LogP contribution in [-0.4, -0.2) is 19.6 Å². The van der Waals surface area contributed by atoms with E-state index in [0.717, 1.165) is 29.7 Å². The summed E-state index contributed by atoms with van der Waals surface area (Å²) in [6, 6.07) is 3.98. The van der Waals surface area contributed by atoms with E-state index in [-0.39, 0.29) is 12.1 Å². The first-order valence-electron chi connectivity index (χ1n) is 5.91. The van der Waals surface area contributed by atoms with E-state index in [4.69, 9.17) is 0 Å². The Morgan fingerprint density at radius 2 is 2.06 bits per heavy atom. The van der Waals surface area contributed by atoms with Crippen molar-refractivity contribution in [3.63, 3.8) is 0 Å². The van der Waals surface area contributed by atoms with E-state index in [1.807, 2.05) is 16.7 Å². The molecule has 0 spiro atoms. The molecule has 0 bridgehead atoms. The minimum atomic E-state index is 0.0439. The van der Waals surface area contributed by atoms with Gasteiger partial charge in [-0.2, -0.15) is 4.98 Å². The molecule has 2 aromatic heterocycles. The van der Waals surface area contributed by atoms with Crippen molar-refractivity contribution in [1.29, 1.82) is 0 Å². The Morgan fingerprint density at radius 3 is 2.65 bits per heavy atom. The average Bonchev–Trinajstić information content (AvgIpc) is 2.67. The van der Waals surface area contributed by atoms with Gasteiger partial charge in [-0.05, 0) is 31.1 Å². The van der Waals surface area contributed by atoms with Gasteiger partial charge < -0.3 is 5.11 Å². The van der Waals surface area contributed by atoms with Crippen LogP contribution < -0.4 is 0 Å². The molecule has 2 aromatic rings. The van der Waals surface area contributed by atoms with Crippen molar-refractivity contribution in [2.75, 3.05) is 0 Å². The fourth-order valence-corrected chi connectivity index (χ4v) is 2.08. The molecule has 4 heteroatoms. The lowest BCUT2D eigenvalue weighted by atomic mass is 10.2. The molecule has 0 unspecified atom stereocenters. The van der Waals surface area contributed by atoms with Gasteiger partial charge in [-0.1, -0.05) is 20.4 Å². The van der Waals surface area contributed by atoms with E-state index in [0.29, 0.717) is 0 Å². The normalized spacial score (nSPS) is 11.2. The van der Waals surface area contributed by atoms with E-state index in [2.05, 4.69) is 30.4 Å². The highest BCUT2D eigenvalue weighted by atomic mass is 16.3. The SMILES string of the molecule is C=Cc1ccc2nc(O)n(C(CC)CC)c2n1. The topological polar surface area (TPSA) is 50.9 Å². The molecular formula is C13H17N3O. The molecule has 0 aromatic carbocycles. The van der Waals surface area contributed by atoms with Crippen molar-refractivity contribution in [3.05, 3.63) is 24.4 Å². The van der Waals surface area contributed by atoms with Crippen molar-refractivity contribution in [3.8, 4) is 6.01 Å². The number of rotatable bonds is 4. The van der Waals surface area contributed by atoms with Gasteiger partial charge >= 0.3 is 0 Å². The third-order valence-corrected chi connectivity index (χ3v) is 3.06. The number of nitrogens with zero attached hydrogens (tertiary/aromatic N) is 3. The minimum Gasteiger partial charge on any atom is -0.480 e. The first-order chi connectivity index (χ1) is 8.21. The summed E-state index contributed by atoms with van der Waals surface area (Å²) in [5.74, 6) is 0. The van der Waals surface area contributed by atoms with Crippen LogP contribution in [0.5, 0.6) is 6.01 Å². The van der Waals surface area contributed by atoms with Crippen molar-refractivity contribution in [2.45, 2.75) is 32.7 Å². The van der Waals surface area contributed by atoms with Crippen LogP contribution >= 0.6 is 0 Å². The van der Waals surface area contributed by atoms with Crippen LogP contribution in [0.4, 0.5) is 0 Å². The van der Waals surface area contributed by atoms with Gasteiger partial charge in [0.05, 0.1) is 5.69 Å². The quantitative estimate of drug-likeness (QED) is 0.879. The molecule has 0 saturated carbocycles. The zero-order valence-electron chi connectivity index (χ0n) is 10.2. The molecule has 1 N–H and O–H groups in total. The third kappa shape index (κ3) is 1.90. The third-order valence-electron chi connectivity index (χ3n) is 3.06. The first-order valence-corrected chi connectivity index (χ1v) is 5.91. The maximum atomic E-state index is 9.92. The molecular weight excluding hydrogens is 214 g/mol.